The van der Waals surface area contributed by atoms with E-state index in [9.17, 15) is 9.90 Å². The number of aliphatic hydroxyl groups excluding tert-OH is 1. The lowest BCUT2D eigenvalue weighted by Gasteiger charge is -2.34. The molecule has 1 saturated heterocycles. The zero-order chi connectivity index (χ0) is 10.6. The number of hydrogen-bond donors (Lipinski definition) is 2. The lowest BCUT2D eigenvalue weighted by molar-refractivity contribution is -0.132. The van der Waals surface area contributed by atoms with Crippen LogP contribution < -0.4 is 5.32 Å². The molecule has 0 aliphatic carbocycles. The summed E-state index contributed by atoms with van der Waals surface area (Å²) in [5.74, 6) is 0.391. The molecule has 0 spiro atoms. The molecule has 0 radical (unpaired) electrons. The molecule has 1 fully saturated rings. The molecule has 82 valence electrons. The molecule has 0 aromatic carbocycles. The van der Waals surface area contributed by atoms with Crippen molar-refractivity contribution in [1.29, 1.82) is 0 Å². The maximum atomic E-state index is 11.5. The Bertz CT molecular complexity index is 195. The lowest BCUT2D eigenvalue weighted by atomic mass is 9.93. The minimum absolute atomic E-state index is 0.137. The van der Waals surface area contributed by atoms with Crippen LogP contribution in [0.1, 0.15) is 19.8 Å². The Morgan fingerprint density at radius 2 is 2.43 bits per heavy atom. The van der Waals surface area contributed by atoms with E-state index in [2.05, 4.69) is 5.32 Å². The highest BCUT2D eigenvalue weighted by atomic mass is 16.3. The fourth-order valence-corrected chi connectivity index (χ4v) is 1.89. The molecule has 0 aromatic rings. The number of likely N-dealkylation sites (tertiary alicyclic amines) is 1. The molecule has 1 rings (SSSR count). The van der Waals surface area contributed by atoms with Gasteiger partial charge < -0.3 is 15.3 Å². The van der Waals surface area contributed by atoms with Crippen LogP contribution in [-0.2, 0) is 4.79 Å². The van der Waals surface area contributed by atoms with Gasteiger partial charge in [0.25, 0.3) is 0 Å². The Morgan fingerprint density at radius 1 is 1.71 bits per heavy atom. The maximum absolute atomic E-state index is 11.5. The van der Waals surface area contributed by atoms with Crippen LogP contribution in [-0.4, -0.2) is 48.7 Å². The largest absolute Gasteiger partial charge is 0.393 e. The van der Waals surface area contributed by atoms with Crippen molar-refractivity contribution in [2.45, 2.75) is 25.9 Å². The molecule has 0 bridgehead atoms. The molecule has 2 atom stereocenters. The van der Waals surface area contributed by atoms with Crippen molar-refractivity contribution in [2.75, 3.05) is 26.7 Å². The molecule has 1 aliphatic rings. The minimum atomic E-state index is -0.305. The fraction of sp³-hybridized carbons (Fsp3) is 0.900. The van der Waals surface area contributed by atoms with E-state index in [-0.39, 0.29) is 17.9 Å². The van der Waals surface area contributed by atoms with E-state index < -0.39 is 0 Å². The van der Waals surface area contributed by atoms with Gasteiger partial charge in [0.1, 0.15) is 0 Å². The summed E-state index contributed by atoms with van der Waals surface area (Å²) in [6.07, 6.45) is 1.73. The van der Waals surface area contributed by atoms with Gasteiger partial charge >= 0.3 is 0 Å². The van der Waals surface area contributed by atoms with Gasteiger partial charge in [-0.1, -0.05) is 0 Å². The number of carbonyl (C=O) groups is 1. The molecular weight excluding hydrogens is 180 g/mol. The van der Waals surface area contributed by atoms with Gasteiger partial charge in [-0.25, -0.2) is 0 Å². The van der Waals surface area contributed by atoms with Crippen LogP contribution in [0.15, 0.2) is 0 Å². The Morgan fingerprint density at radius 3 is 3.00 bits per heavy atom. The van der Waals surface area contributed by atoms with Crippen LogP contribution in [0.3, 0.4) is 0 Å². The van der Waals surface area contributed by atoms with Crippen LogP contribution in [0.2, 0.25) is 0 Å². The molecule has 0 saturated carbocycles. The van der Waals surface area contributed by atoms with E-state index in [0.29, 0.717) is 13.1 Å². The normalized spacial score (nSPS) is 24.8. The maximum Gasteiger partial charge on any atom is 0.236 e. The van der Waals surface area contributed by atoms with Crippen LogP contribution in [0.4, 0.5) is 0 Å². The highest BCUT2D eigenvalue weighted by Gasteiger charge is 2.25. The number of hydrogen-bond acceptors (Lipinski definition) is 3. The van der Waals surface area contributed by atoms with Gasteiger partial charge in [0.15, 0.2) is 0 Å². The molecule has 4 heteroatoms. The van der Waals surface area contributed by atoms with Crippen molar-refractivity contribution in [2.24, 2.45) is 5.92 Å². The van der Waals surface area contributed by atoms with E-state index in [4.69, 9.17) is 0 Å². The first-order chi connectivity index (χ1) is 6.65. The minimum Gasteiger partial charge on any atom is -0.393 e. The number of piperidine rings is 1. The highest BCUT2D eigenvalue weighted by Crippen LogP contribution is 2.19. The van der Waals surface area contributed by atoms with Crippen LogP contribution in [0.25, 0.3) is 0 Å². The van der Waals surface area contributed by atoms with Crippen molar-refractivity contribution >= 4 is 5.91 Å². The summed E-state index contributed by atoms with van der Waals surface area (Å²) in [6, 6.07) is 0. The second-order valence-electron chi connectivity index (χ2n) is 4.01. The molecule has 1 aliphatic heterocycles. The summed E-state index contributed by atoms with van der Waals surface area (Å²) in [4.78, 5) is 13.4. The molecule has 4 nitrogen and oxygen atoms in total. The van der Waals surface area contributed by atoms with Crippen molar-refractivity contribution in [3.05, 3.63) is 0 Å². The first-order valence-corrected chi connectivity index (χ1v) is 5.25. The summed E-state index contributed by atoms with van der Waals surface area (Å²) >= 11 is 0. The zero-order valence-corrected chi connectivity index (χ0v) is 8.99. The van der Waals surface area contributed by atoms with E-state index in [1.165, 1.54) is 0 Å². The van der Waals surface area contributed by atoms with E-state index in [1.54, 1.807) is 14.0 Å². The number of likely N-dealkylation sites (N-methyl/N-ethyl adjacent to an activating group) is 1. The smallest absolute Gasteiger partial charge is 0.236 e. The first-order valence-electron chi connectivity index (χ1n) is 5.25. The molecule has 14 heavy (non-hydrogen) atoms. The molecular formula is C10H20N2O2. The van der Waals surface area contributed by atoms with Gasteiger partial charge in [0.05, 0.1) is 12.6 Å². The number of rotatable bonds is 3. The predicted molar refractivity (Wildman–Crippen MR) is 54.9 cm³/mol. The van der Waals surface area contributed by atoms with E-state index in [0.717, 1.165) is 19.4 Å². The SMILES string of the molecule is CNCC(=O)N1CCCC(C(C)O)C1. The first kappa shape index (κ1) is 11.5. The second-order valence-corrected chi connectivity index (χ2v) is 4.01. The van der Waals surface area contributed by atoms with Gasteiger partial charge in [-0.3, -0.25) is 4.79 Å². The molecule has 1 heterocycles. The van der Waals surface area contributed by atoms with Gasteiger partial charge in [0, 0.05) is 19.0 Å². The van der Waals surface area contributed by atoms with Crippen molar-refractivity contribution in [3.8, 4) is 0 Å². The Hall–Kier alpha value is -0.610. The Labute approximate surface area is 85.3 Å². The predicted octanol–water partition coefficient (Wildman–Crippen LogP) is -0.175. The van der Waals surface area contributed by atoms with Crippen molar-refractivity contribution in [1.82, 2.24) is 10.2 Å². The number of carbonyl (C=O) groups excluding carboxylic acids is 1. The third-order valence-corrected chi connectivity index (χ3v) is 2.82. The van der Waals surface area contributed by atoms with E-state index in [1.807, 2.05) is 4.90 Å². The van der Waals surface area contributed by atoms with Crippen molar-refractivity contribution in [3.63, 3.8) is 0 Å². The van der Waals surface area contributed by atoms with Gasteiger partial charge in [-0.05, 0) is 26.8 Å². The summed E-state index contributed by atoms with van der Waals surface area (Å²) in [7, 11) is 1.77. The van der Waals surface area contributed by atoms with Gasteiger partial charge in [-0.15, -0.1) is 0 Å². The van der Waals surface area contributed by atoms with Crippen LogP contribution >= 0.6 is 0 Å². The Balaban J connectivity index is 2.43. The third kappa shape index (κ3) is 2.96. The zero-order valence-electron chi connectivity index (χ0n) is 8.99. The summed E-state index contributed by atoms with van der Waals surface area (Å²) in [5.41, 5.74) is 0. The van der Waals surface area contributed by atoms with Gasteiger partial charge in [0.2, 0.25) is 5.91 Å². The summed E-state index contributed by atoms with van der Waals surface area (Å²) < 4.78 is 0. The average Bonchev–Trinajstić information content (AvgIpc) is 2.18. The number of aliphatic hydroxyl groups is 1. The van der Waals surface area contributed by atoms with Crippen LogP contribution in [0.5, 0.6) is 0 Å². The molecule has 0 aromatic heterocycles. The molecule has 2 N–H and O–H groups in total. The Kier molecular flexibility index (Phi) is 4.35. The second kappa shape index (κ2) is 5.32. The number of nitrogens with zero attached hydrogens (tertiary/aromatic N) is 1. The molecule has 1 amide bonds. The lowest BCUT2D eigenvalue weighted by Crippen LogP contribution is -2.45. The summed E-state index contributed by atoms with van der Waals surface area (Å²) in [5, 5.41) is 12.3. The molecule has 2 unspecified atom stereocenters. The van der Waals surface area contributed by atoms with E-state index >= 15 is 0 Å². The quantitative estimate of drug-likeness (QED) is 0.665. The standard InChI is InChI=1S/C10H20N2O2/c1-8(13)9-4-3-5-12(7-9)10(14)6-11-2/h8-9,11,13H,3-7H2,1-2H3. The highest BCUT2D eigenvalue weighted by molar-refractivity contribution is 5.78. The third-order valence-electron chi connectivity index (χ3n) is 2.82. The number of amides is 1. The fourth-order valence-electron chi connectivity index (χ4n) is 1.89. The number of nitrogens with one attached hydrogen (secondary N) is 1. The van der Waals surface area contributed by atoms with Crippen molar-refractivity contribution < 1.29 is 9.90 Å². The van der Waals surface area contributed by atoms with Crippen LogP contribution in [0, 0.1) is 5.92 Å². The average molecular weight is 200 g/mol. The summed E-state index contributed by atoms with van der Waals surface area (Å²) in [6.45, 7) is 3.74. The monoisotopic (exact) mass is 200 g/mol. The topological polar surface area (TPSA) is 52.6 Å². The van der Waals surface area contributed by atoms with Gasteiger partial charge in [-0.2, -0.15) is 0 Å².